The topological polar surface area (TPSA) is 116 Å². The first-order valence-electron chi connectivity index (χ1n) is 3.92. The third kappa shape index (κ3) is 1.76. The molecule has 0 saturated carbocycles. The first-order chi connectivity index (χ1) is 7.22. The van der Waals surface area contributed by atoms with E-state index >= 15 is 0 Å². The van der Waals surface area contributed by atoms with E-state index in [1.54, 1.807) is 0 Å². The molecule has 2 heterocycles. The Morgan fingerprint density at radius 3 is 2.80 bits per heavy atom. The van der Waals surface area contributed by atoms with E-state index in [-0.39, 0.29) is 5.95 Å². The lowest BCUT2D eigenvalue weighted by atomic mass is 10.4. The molecule has 7 nitrogen and oxygen atoms in total. The Labute approximate surface area is 93.0 Å². The van der Waals surface area contributed by atoms with Crippen LogP contribution in [0.4, 0.5) is 11.8 Å². The number of nitrogen functional groups attached to an aromatic ring is 2. The molecule has 5 N–H and O–H groups in total. The zero-order valence-corrected chi connectivity index (χ0v) is 9.02. The van der Waals surface area contributed by atoms with Gasteiger partial charge in [0.1, 0.15) is 12.0 Å². The quantitative estimate of drug-likeness (QED) is 0.545. The summed E-state index contributed by atoms with van der Waals surface area (Å²) in [6, 6.07) is 0. The summed E-state index contributed by atoms with van der Waals surface area (Å²) in [4.78, 5) is 11.8. The van der Waals surface area contributed by atoms with Crippen molar-refractivity contribution < 1.29 is 4.42 Å². The Morgan fingerprint density at radius 1 is 1.40 bits per heavy atom. The first kappa shape index (κ1) is 9.87. The van der Waals surface area contributed by atoms with E-state index in [4.69, 9.17) is 16.0 Å². The molecule has 15 heavy (non-hydrogen) atoms. The molecule has 0 aliphatic heterocycles. The van der Waals surface area contributed by atoms with Crippen LogP contribution < -0.4 is 17.0 Å². The fourth-order valence-electron chi connectivity index (χ4n) is 1.04. The predicted octanol–water partition coefficient (Wildman–Crippen LogP) is 0.762. The van der Waals surface area contributed by atoms with Crippen molar-refractivity contribution in [3.63, 3.8) is 0 Å². The van der Waals surface area contributed by atoms with Gasteiger partial charge in [-0.1, -0.05) is 0 Å². The van der Waals surface area contributed by atoms with Crippen LogP contribution in [0.5, 0.6) is 0 Å². The summed E-state index contributed by atoms with van der Waals surface area (Å²) in [5, 5.41) is 0. The third-order valence-electron chi connectivity index (χ3n) is 1.64. The molecule has 0 saturated heterocycles. The molecule has 0 spiro atoms. The van der Waals surface area contributed by atoms with Crippen molar-refractivity contribution >= 4 is 27.7 Å². The number of nitrogens with one attached hydrogen (secondary N) is 1. The van der Waals surface area contributed by atoms with Crippen molar-refractivity contribution in [2.45, 2.75) is 0 Å². The summed E-state index contributed by atoms with van der Waals surface area (Å²) < 4.78 is 5.64. The molecule has 0 bridgehead atoms. The summed E-state index contributed by atoms with van der Waals surface area (Å²) in [5.41, 5.74) is 8.34. The van der Waals surface area contributed by atoms with Crippen LogP contribution in [0.25, 0.3) is 11.6 Å². The van der Waals surface area contributed by atoms with Crippen LogP contribution >= 0.6 is 15.9 Å². The highest BCUT2D eigenvalue weighted by molar-refractivity contribution is 9.10. The van der Waals surface area contributed by atoms with Gasteiger partial charge >= 0.3 is 0 Å². The average Bonchev–Trinajstić information content (AvgIpc) is 2.74. The molecule has 0 aromatic carbocycles. The molecular weight excluding hydrogens is 264 g/mol. The van der Waals surface area contributed by atoms with Gasteiger partial charge in [0.15, 0.2) is 5.82 Å². The minimum absolute atomic E-state index is 0.0827. The van der Waals surface area contributed by atoms with E-state index in [0.29, 0.717) is 21.9 Å². The van der Waals surface area contributed by atoms with Crippen LogP contribution in [0.2, 0.25) is 0 Å². The number of rotatable bonds is 2. The number of hydrogen-bond donors (Lipinski definition) is 3. The molecule has 0 amide bonds. The van der Waals surface area contributed by atoms with E-state index in [0.717, 1.165) is 0 Å². The van der Waals surface area contributed by atoms with Gasteiger partial charge in [0, 0.05) is 0 Å². The second-order valence-electron chi connectivity index (χ2n) is 2.57. The van der Waals surface area contributed by atoms with Crippen molar-refractivity contribution in [2.24, 2.45) is 5.84 Å². The zero-order chi connectivity index (χ0) is 10.8. The lowest BCUT2D eigenvalue weighted by molar-refractivity contribution is 0.571. The van der Waals surface area contributed by atoms with Crippen molar-refractivity contribution in [1.82, 2.24) is 15.0 Å². The van der Waals surface area contributed by atoms with Gasteiger partial charge in [0.2, 0.25) is 11.8 Å². The number of anilines is 2. The van der Waals surface area contributed by atoms with Gasteiger partial charge in [0.05, 0.1) is 10.7 Å². The standard InChI is InChI=1S/C7H7BrN6O/c8-3-4(6-11-1-2-15-6)12-7(9)13-5(3)14-10/h1-2H,10H2,(H3,9,12,13,14). The molecule has 0 unspecified atom stereocenters. The van der Waals surface area contributed by atoms with E-state index in [1.807, 2.05) is 0 Å². The number of nitrogens with zero attached hydrogens (tertiary/aromatic N) is 3. The van der Waals surface area contributed by atoms with Crippen LogP contribution in [0.15, 0.2) is 21.3 Å². The Bertz CT molecular complexity index is 471. The van der Waals surface area contributed by atoms with Crippen LogP contribution in [0, 0.1) is 0 Å². The lowest BCUT2D eigenvalue weighted by Gasteiger charge is -2.05. The molecule has 0 aliphatic carbocycles. The number of aromatic nitrogens is 3. The van der Waals surface area contributed by atoms with E-state index in [1.165, 1.54) is 12.5 Å². The number of oxazole rings is 1. The fraction of sp³-hybridized carbons (Fsp3) is 0. The monoisotopic (exact) mass is 270 g/mol. The number of hydrazine groups is 1. The Kier molecular flexibility index (Phi) is 2.52. The second-order valence-corrected chi connectivity index (χ2v) is 3.37. The molecule has 78 valence electrons. The summed E-state index contributed by atoms with van der Waals surface area (Å²) in [7, 11) is 0. The van der Waals surface area contributed by atoms with Gasteiger partial charge < -0.3 is 15.6 Å². The van der Waals surface area contributed by atoms with Crippen LogP contribution in [0.3, 0.4) is 0 Å². The Balaban J connectivity index is 2.61. The Morgan fingerprint density at radius 2 is 2.20 bits per heavy atom. The van der Waals surface area contributed by atoms with Gasteiger partial charge in [0.25, 0.3) is 0 Å². The Hall–Kier alpha value is -1.67. The summed E-state index contributed by atoms with van der Waals surface area (Å²) >= 11 is 3.27. The van der Waals surface area contributed by atoms with Crippen molar-refractivity contribution in [3.05, 3.63) is 16.9 Å². The predicted molar refractivity (Wildman–Crippen MR) is 57.5 cm³/mol. The third-order valence-corrected chi connectivity index (χ3v) is 2.39. The van der Waals surface area contributed by atoms with Crippen LogP contribution in [-0.2, 0) is 0 Å². The molecule has 2 aromatic rings. The first-order valence-corrected chi connectivity index (χ1v) is 4.71. The zero-order valence-electron chi connectivity index (χ0n) is 7.44. The molecule has 0 radical (unpaired) electrons. The maximum absolute atomic E-state index is 5.50. The minimum Gasteiger partial charge on any atom is -0.443 e. The summed E-state index contributed by atoms with van der Waals surface area (Å²) in [6.45, 7) is 0. The minimum atomic E-state index is 0.0827. The fourth-order valence-corrected chi connectivity index (χ4v) is 1.50. The van der Waals surface area contributed by atoms with Gasteiger partial charge in [-0.2, -0.15) is 4.98 Å². The highest BCUT2D eigenvalue weighted by atomic mass is 79.9. The molecule has 0 fully saturated rings. The molecule has 0 atom stereocenters. The summed E-state index contributed by atoms with van der Waals surface area (Å²) in [5.74, 6) is 6.06. The van der Waals surface area contributed by atoms with Gasteiger partial charge in [-0.05, 0) is 15.9 Å². The average molecular weight is 271 g/mol. The highest BCUT2D eigenvalue weighted by Crippen LogP contribution is 2.30. The maximum Gasteiger partial charge on any atom is 0.246 e. The lowest BCUT2D eigenvalue weighted by Crippen LogP contribution is -2.12. The van der Waals surface area contributed by atoms with Crippen molar-refractivity contribution in [2.75, 3.05) is 11.2 Å². The molecule has 8 heteroatoms. The molecule has 2 rings (SSSR count). The van der Waals surface area contributed by atoms with E-state index in [2.05, 4.69) is 36.3 Å². The largest absolute Gasteiger partial charge is 0.443 e. The normalized spacial score (nSPS) is 10.3. The number of hydrogen-bond acceptors (Lipinski definition) is 7. The van der Waals surface area contributed by atoms with Gasteiger partial charge in [-0.25, -0.2) is 15.8 Å². The highest BCUT2D eigenvalue weighted by Gasteiger charge is 2.15. The molecule has 2 aromatic heterocycles. The number of nitrogens with two attached hydrogens (primary N) is 2. The van der Waals surface area contributed by atoms with Crippen LogP contribution in [-0.4, -0.2) is 15.0 Å². The van der Waals surface area contributed by atoms with E-state index < -0.39 is 0 Å². The van der Waals surface area contributed by atoms with E-state index in [9.17, 15) is 0 Å². The second kappa shape index (κ2) is 3.83. The SMILES string of the molecule is NNc1nc(N)nc(-c2ncco2)c1Br. The van der Waals surface area contributed by atoms with Gasteiger partial charge in [-0.15, -0.1) is 0 Å². The summed E-state index contributed by atoms with van der Waals surface area (Å²) in [6.07, 6.45) is 2.95. The van der Waals surface area contributed by atoms with Crippen LogP contribution in [0.1, 0.15) is 0 Å². The van der Waals surface area contributed by atoms with Crippen molar-refractivity contribution in [3.8, 4) is 11.6 Å². The molecule has 0 aliphatic rings. The molecular formula is C7H7BrN6O. The smallest absolute Gasteiger partial charge is 0.246 e. The number of halogens is 1. The van der Waals surface area contributed by atoms with Crippen molar-refractivity contribution in [1.29, 1.82) is 0 Å². The van der Waals surface area contributed by atoms with Gasteiger partial charge in [-0.3, -0.25) is 0 Å². The maximum atomic E-state index is 5.50.